The highest BCUT2D eigenvalue weighted by molar-refractivity contribution is 6.34. The number of halogens is 2. The number of likely N-dealkylation sites (N-methyl/N-ethyl adjacent to an activating group) is 1. The molecule has 0 fully saturated rings. The van der Waals surface area contributed by atoms with Gasteiger partial charge in [0.1, 0.15) is 12.4 Å². The van der Waals surface area contributed by atoms with Gasteiger partial charge in [0.15, 0.2) is 0 Å². The minimum atomic E-state index is -0.308. The van der Waals surface area contributed by atoms with Crippen LogP contribution in [0, 0.1) is 5.92 Å². The van der Waals surface area contributed by atoms with E-state index in [1.807, 2.05) is 13.8 Å². The Kier molecular flexibility index (Phi) is 8.61. The van der Waals surface area contributed by atoms with Crippen molar-refractivity contribution >= 4 is 40.8 Å². The molecular formula is C21H25Cl2N3O3. The fourth-order valence-electron chi connectivity index (χ4n) is 2.32. The van der Waals surface area contributed by atoms with Crippen molar-refractivity contribution in [2.45, 2.75) is 13.8 Å². The highest BCUT2D eigenvalue weighted by Crippen LogP contribution is 2.21. The smallest absolute Gasteiger partial charge is 0.321 e. The molecule has 0 aliphatic heterocycles. The lowest BCUT2D eigenvalue weighted by Gasteiger charge is -2.18. The highest BCUT2D eigenvalue weighted by Gasteiger charge is 2.13. The van der Waals surface area contributed by atoms with Crippen molar-refractivity contribution in [3.8, 4) is 5.75 Å². The first-order valence-electron chi connectivity index (χ1n) is 9.24. The van der Waals surface area contributed by atoms with Gasteiger partial charge in [0.25, 0.3) is 5.91 Å². The summed E-state index contributed by atoms with van der Waals surface area (Å²) in [5.41, 5.74) is 0.876. The molecule has 29 heavy (non-hydrogen) atoms. The predicted molar refractivity (Wildman–Crippen MR) is 117 cm³/mol. The van der Waals surface area contributed by atoms with Crippen molar-refractivity contribution in [2.24, 2.45) is 5.92 Å². The van der Waals surface area contributed by atoms with Gasteiger partial charge in [-0.3, -0.25) is 4.79 Å². The second-order valence-corrected chi connectivity index (χ2v) is 7.80. The lowest BCUT2D eigenvalue weighted by molar-refractivity contribution is 0.0949. The Labute approximate surface area is 181 Å². The normalized spacial score (nSPS) is 10.6. The van der Waals surface area contributed by atoms with Crippen molar-refractivity contribution in [1.29, 1.82) is 0 Å². The van der Waals surface area contributed by atoms with Gasteiger partial charge in [-0.15, -0.1) is 0 Å². The third-order valence-electron chi connectivity index (χ3n) is 3.99. The molecule has 0 spiro atoms. The van der Waals surface area contributed by atoms with Crippen LogP contribution in [-0.2, 0) is 0 Å². The molecule has 2 aromatic rings. The van der Waals surface area contributed by atoms with Crippen LogP contribution in [0.25, 0.3) is 0 Å². The number of amides is 3. The van der Waals surface area contributed by atoms with Crippen LogP contribution in [0.15, 0.2) is 42.5 Å². The molecule has 8 heteroatoms. The molecule has 0 aromatic heterocycles. The van der Waals surface area contributed by atoms with Crippen molar-refractivity contribution in [3.05, 3.63) is 58.1 Å². The van der Waals surface area contributed by atoms with Crippen LogP contribution in [0.1, 0.15) is 24.2 Å². The molecular weight excluding hydrogens is 413 g/mol. The molecule has 0 radical (unpaired) electrons. The summed E-state index contributed by atoms with van der Waals surface area (Å²) < 4.78 is 5.59. The van der Waals surface area contributed by atoms with Gasteiger partial charge in [-0.05, 0) is 48.4 Å². The van der Waals surface area contributed by atoms with Gasteiger partial charge in [0, 0.05) is 24.3 Å². The SMILES string of the molecule is CC(C)CNC(=O)c1ccc(NC(=O)N(C)CCOc2ccc(Cl)cc2)cc1Cl. The van der Waals surface area contributed by atoms with Gasteiger partial charge in [-0.1, -0.05) is 37.0 Å². The van der Waals surface area contributed by atoms with Crippen LogP contribution >= 0.6 is 23.2 Å². The van der Waals surface area contributed by atoms with Gasteiger partial charge in [-0.2, -0.15) is 0 Å². The Hall–Kier alpha value is -2.44. The molecule has 0 unspecified atom stereocenters. The minimum absolute atomic E-state index is 0.238. The standard InChI is InChI=1S/C21H25Cl2N3O3/c1-14(2)13-24-20(27)18-9-6-16(12-19(18)23)25-21(28)26(3)10-11-29-17-7-4-15(22)5-8-17/h4-9,12,14H,10-11,13H2,1-3H3,(H,24,27)(H,25,28). The number of benzene rings is 2. The molecule has 2 N–H and O–H groups in total. The maximum Gasteiger partial charge on any atom is 0.321 e. The summed E-state index contributed by atoms with van der Waals surface area (Å²) in [5.74, 6) is 0.787. The molecule has 0 saturated carbocycles. The van der Waals surface area contributed by atoms with E-state index in [9.17, 15) is 9.59 Å². The maximum absolute atomic E-state index is 12.3. The lowest BCUT2D eigenvalue weighted by atomic mass is 10.1. The highest BCUT2D eigenvalue weighted by atomic mass is 35.5. The summed E-state index contributed by atoms with van der Waals surface area (Å²) in [6.45, 7) is 5.31. The molecule has 0 atom stereocenters. The zero-order valence-corrected chi connectivity index (χ0v) is 18.2. The molecule has 6 nitrogen and oxygen atoms in total. The van der Waals surface area contributed by atoms with E-state index in [2.05, 4.69) is 10.6 Å². The molecule has 0 bridgehead atoms. The number of anilines is 1. The predicted octanol–water partition coefficient (Wildman–Crippen LogP) is 4.92. The number of carbonyl (C=O) groups is 2. The summed E-state index contributed by atoms with van der Waals surface area (Å²) in [5, 5.41) is 6.48. The zero-order chi connectivity index (χ0) is 21.4. The van der Waals surface area contributed by atoms with Crippen molar-refractivity contribution in [3.63, 3.8) is 0 Å². The number of nitrogens with zero attached hydrogens (tertiary/aromatic N) is 1. The maximum atomic E-state index is 12.3. The summed E-state index contributed by atoms with van der Waals surface area (Å²) in [6, 6.07) is 11.5. The van der Waals surface area contributed by atoms with Crippen molar-refractivity contribution in [1.82, 2.24) is 10.2 Å². The van der Waals surface area contributed by atoms with Crippen LogP contribution in [0.3, 0.4) is 0 Å². The molecule has 2 rings (SSSR count). The summed E-state index contributed by atoms with van der Waals surface area (Å²) >= 11 is 12.0. The molecule has 0 aliphatic carbocycles. The Morgan fingerprint density at radius 2 is 1.79 bits per heavy atom. The first kappa shape index (κ1) is 22.8. The van der Waals surface area contributed by atoms with E-state index in [1.165, 1.54) is 4.90 Å². The summed E-state index contributed by atoms with van der Waals surface area (Å²) in [7, 11) is 1.66. The van der Waals surface area contributed by atoms with E-state index < -0.39 is 0 Å². The fraction of sp³-hybridized carbons (Fsp3) is 0.333. The number of ether oxygens (including phenoxy) is 1. The molecule has 0 saturated heterocycles. The van der Waals surface area contributed by atoms with Gasteiger partial charge >= 0.3 is 6.03 Å². The first-order valence-corrected chi connectivity index (χ1v) is 10.00. The number of hydrogen-bond acceptors (Lipinski definition) is 3. The second-order valence-electron chi connectivity index (χ2n) is 6.95. The van der Waals surface area contributed by atoms with Crippen molar-refractivity contribution in [2.75, 3.05) is 32.1 Å². The minimum Gasteiger partial charge on any atom is -0.492 e. The first-order chi connectivity index (χ1) is 13.8. The Bertz CT molecular complexity index is 842. The van der Waals surface area contributed by atoms with Crippen LogP contribution in [0.4, 0.5) is 10.5 Å². The van der Waals surface area contributed by atoms with E-state index in [0.717, 1.165) is 0 Å². The van der Waals surface area contributed by atoms with Gasteiger partial charge in [0.05, 0.1) is 17.1 Å². The Morgan fingerprint density at radius 3 is 2.41 bits per heavy atom. The van der Waals surface area contributed by atoms with Crippen LogP contribution < -0.4 is 15.4 Å². The molecule has 2 aromatic carbocycles. The van der Waals surface area contributed by atoms with Crippen molar-refractivity contribution < 1.29 is 14.3 Å². The molecule has 0 aliphatic rings. The number of nitrogens with one attached hydrogen (secondary N) is 2. The summed E-state index contributed by atoms with van der Waals surface area (Å²) in [6.07, 6.45) is 0. The number of hydrogen-bond donors (Lipinski definition) is 2. The largest absolute Gasteiger partial charge is 0.492 e. The molecule has 0 heterocycles. The topological polar surface area (TPSA) is 70.7 Å². The Morgan fingerprint density at radius 1 is 1.10 bits per heavy atom. The third-order valence-corrected chi connectivity index (χ3v) is 4.56. The van der Waals surface area contributed by atoms with Crippen LogP contribution in [0.2, 0.25) is 10.0 Å². The van der Waals surface area contributed by atoms with E-state index >= 15 is 0 Å². The van der Waals surface area contributed by atoms with E-state index in [-0.39, 0.29) is 17.0 Å². The van der Waals surface area contributed by atoms with Gasteiger partial charge in [-0.25, -0.2) is 4.79 Å². The van der Waals surface area contributed by atoms with Crippen LogP contribution in [0.5, 0.6) is 5.75 Å². The average molecular weight is 438 g/mol. The second kappa shape index (κ2) is 10.9. The molecule has 156 valence electrons. The number of rotatable bonds is 8. The van der Waals surface area contributed by atoms with Crippen LogP contribution in [-0.4, -0.2) is 43.6 Å². The monoisotopic (exact) mass is 437 g/mol. The number of carbonyl (C=O) groups excluding carboxylic acids is 2. The van der Waals surface area contributed by atoms with Gasteiger partial charge < -0.3 is 20.3 Å². The average Bonchev–Trinajstić information content (AvgIpc) is 2.67. The van der Waals surface area contributed by atoms with E-state index in [1.54, 1.807) is 49.5 Å². The van der Waals surface area contributed by atoms with E-state index in [0.29, 0.717) is 47.6 Å². The summed E-state index contributed by atoms with van der Waals surface area (Å²) in [4.78, 5) is 26.0. The fourth-order valence-corrected chi connectivity index (χ4v) is 2.71. The quantitative estimate of drug-likeness (QED) is 0.615. The zero-order valence-electron chi connectivity index (χ0n) is 16.7. The van der Waals surface area contributed by atoms with E-state index in [4.69, 9.17) is 27.9 Å². The third kappa shape index (κ3) is 7.48. The van der Waals surface area contributed by atoms with Gasteiger partial charge in [0.2, 0.25) is 0 Å². The Balaban J connectivity index is 1.84. The number of urea groups is 1. The molecule has 3 amide bonds. The lowest BCUT2D eigenvalue weighted by Crippen LogP contribution is -2.34.